The SMILES string of the molecule is Cc1c(CNC(=O)NC(CO)c2ccccc2)oc2ccccc12. The van der Waals surface area contributed by atoms with Gasteiger partial charge < -0.3 is 20.2 Å². The first-order valence-electron chi connectivity index (χ1n) is 7.86. The van der Waals surface area contributed by atoms with Crippen LogP contribution in [0.25, 0.3) is 11.0 Å². The quantitative estimate of drug-likeness (QED) is 0.674. The second-order valence-electron chi connectivity index (χ2n) is 5.62. The van der Waals surface area contributed by atoms with Gasteiger partial charge in [-0.25, -0.2) is 4.79 Å². The minimum atomic E-state index is -0.442. The molecule has 2 amide bonds. The highest BCUT2D eigenvalue weighted by Gasteiger charge is 2.15. The molecule has 3 N–H and O–H groups in total. The molecule has 0 saturated heterocycles. The summed E-state index contributed by atoms with van der Waals surface area (Å²) >= 11 is 0. The fourth-order valence-electron chi connectivity index (χ4n) is 2.68. The highest BCUT2D eigenvalue weighted by Crippen LogP contribution is 2.24. The first-order chi connectivity index (χ1) is 11.7. The van der Waals surface area contributed by atoms with Gasteiger partial charge in [-0.1, -0.05) is 48.5 Å². The van der Waals surface area contributed by atoms with E-state index < -0.39 is 6.04 Å². The van der Waals surface area contributed by atoms with Crippen molar-refractivity contribution in [3.63, 3.8) is 0 Å². The molecule has 5 heteroatoms. The summed E-state index contributed by atoms with van der Waals surface area (Å²) in [6, 6.07) is 16.3. The van der Waals surface area contributed by atoms with Crippen LogP contribution in [0.15, 0.2) is 59.0 Å². The van der Waals surface area contributed by atoms with Gasteiger partial charge in [0.1, 0.15) is 11.3 Å². The van der Waals surface area contributed by atoms with Gasteiger partial charge in [0, 0.05) is 10.9 Å². The number of rotatable bonds is 5. The number of nitrogens with one attached hydrogen (secondary N) is 2. The van der Waals surface area contributed by atoms with E-state index in [1.807, 2.05) is 61.5 Å². The number of carbonyl (C=O) groups is 1. The zero-order valence-electron chi connectivity index (χ0n) is 13.5. The molecule has 0 aliphatic carbocycles. The lowest BCUT2D eigenvalue weighted by Gasteiger charge is -2.17. The number of hydrogen-bond acceptors (Lipinski definition) is 3. The van der Waals surface area contributed by atoms with Crippen LogP contribution in [0.2, 0.25) is 0 Å². The first kappa shape index (κ1) is 16.1. The molecule has 1 aromatic heterocycles. The minimum absolute atomic E-state index is 0.166. The number of aliphatic hydroxyl groups is 1. The molecule has 3 rings (SSSR count). The lowest BCUT2D eigenvalue weighted by molar-refractivity contribution is 0.216. The normalized spacial score (nSPS) is 12.1. The lowest BCUT2D eigenvalue weighted by atomic mass is 10.1. The summed E-state index contributed by atoms with van der Waals surface area (Å²) in [6.07, 6.45) is 0. The van der Waals surface area contributed by atoms with Crippen LogP contribution in [-0.4, -0.2) is 17.7 Å². The molecular weight excluding hydrogens is 304 g/mol. The Kier molecular flexibility index (Phi) is 4.82. The van der Waals surface area contributed by atoms with Crippen molar-refractivity contribution in [1.29, 1.82) is 0 Å². The van der Waals surface area contributed by atoms with Crippen molar-refractivity contribution in [1.82, 2.24) is 10.6 Å². The second kappa shape index (κ2) is 7.19. The molecule has 0 aliphatic rings. The topological polar surface area (TPSA) is 74.5 Å². The summed E-state index contributed by atoms with van der Waals surface area (Å²) in [4.78, 5) is 12.1. The predicted molar refractivity (Wildman–Crippen MR) is 92.6 cm³/mol. The maximum Gasteiger partial charge on any atom is 0.315 e. The monoisotopic (exact) mass is 324 g/mol. The number of furan rings is 1. The number of para-hydroxylation sites is 1. The Balaban J connectivity index is 1.63. The molecule has 0 radical (unpaired) electrons. The van der Waals surface area contributed by atoms with Crippen LogP contribution in [-0.2, 0) is 6.54 Å². The summed E-state index contributed by atoms with van der Waals surface area (Å²) in [5.74, 6) is 0.728. The highest BCUT2D eigenvalue weighted by atomic mass is 16.3. The minimum Gasteiger partial charge on any atom is -0.459 e. The first-order valence-corrected chi connectivity index (χ1v) is 7.86. The van der Waals surface area contributed by atoms with E-state index in [0.717, 1.165) is 27.9 Å². The van der Waals surface area contributed by atoms with Crippen LogP contribution in [0.4, 0.5) is 4.79 Å². The predicted octanol–water partition coefficient (Wildman–Crippen LogP) is 3.27. The van der Waals surface area contributed by atoms with Crippen molar-refractivity contribution >= 4 is 17.0 Å². The number of hydrogen-bond donors (Lipinski definition) is 3. The van der Waals surface area contributed by atoms with Gasteiger partial charge in [-0.3, -0.25) is 0 Å². The number of amides is 2. The van der Waals surface area contributed by atoms with Crippen LogP contribution in [0.1, 0.15) is 22.9 Å². The van der Waals surface area contributed by atoms with Crippen molar-refractivity contribution in [2.24, 2.45) is 0 Å². The fourth-order valence-corrected chi connectivity index (χ4v) is 2.68. The van der Waals surface area contributed by atoms with Crippen molar-refractivity contribution in [2.45, 2.75) is 19.5 Å². The molecule has 1 atom stereocenters. The maximum atomic E-state index is 12.1. The Hall–Kier alpha value is -2.79. The van der Waals surface area contributed by atoms with E-state index in [-0.39, 0.29) is 12.6 Å². The number of benzene rings is 2. The molecule has 0 fully saturated rings. The van der Waals surface area contributed by atoms with Gasteiger partial charge in [0.25, 0.3) is 0 Å². The molecule has 1 heterocycles. The van der Waals surface area contributed by atoms with E-state index in [2.05, 4.69) is 10.6 Å². The Bertz CT molecular complexity index is 827. The lowest BCUT2D eigenvalue weighted by Crippen LogP contribution is -2.38. The fraction of sp³-hybridized carbons (Fsp3) is 0.211. The van der Waals surface area contributed by atoms with Gasteiger partial charge in [0.2, 0.25) is 0 Å². The molecule has 3 aromatic rings. The molecule has 0 saturated carbocycles. The summed E-state index contributed by atoms with van der Waals surface area (Å²) < 4.78 is 5.77. The maximum absolute atomic E-state index is 12.1. The van der Waals surface area contributed by atoms with Crippen LogP contribution in [0.3, 0.4) is 0 Å². The molecule has 124 valence electrons. The number of fused-ring (bicyclic) bond motifs is 1. The van der Waals surface area contributed by atoms with Crippen molar-refractivity contribution in [2.75, 3.05) is 6.61 Å². The third-order valence-electron chi connectivity index (χ3n) is 4.04. The van der Waals surface area contributed by atoms with Gasteiger partial charge in [0.15, 0.2) is 0 Å². The van der Waals surface area contributed by atoms with Gasteiger partial charge in [0.05, 0.1) is 19.2 Å². The average molecular weight is 324 g/mol. The zero-order valence-corrected chi connectivity index (χ0v) is 13.5. The van der Waals surface area contributed by atoms with Crippen LogP contribution in [0.5, 0.6) is 0 Å². The van der Waals surface area contributed by atoms with E-state index in [1.165, 1.54) is 0 Å². The van der Waals surface area contributed by atoms with E-state index in [1.54, 1.807) is 0 Å². The molecule has 0 aliphatic heterocycles. The number of aryl methyl sites for hydroxylation is 1. The summed E-state index contributed by atoms with van der Waals surface area (Å²) in [7, 11) is 0. The molecule has 0 bridgehead atoms. The van der Waals surface area contributed by atoms with Crippen molar-refractivity contribution in [3.05, 3.63) is 71.5 Å². The largest absolute Gasteiger partial charge is 0.459 e. The second-order valence-corrected chi connectivity index (χ2v) is 5.62. The number of aliphatic hydroxyl groups excluding tert-OH is 1. The molecule has 0 spiro atoms. The molecular formula is C19H20N2O3. The van der Waals surface area contributed by atoms with E-state index in [4.69, 9.17) is 4.42 Å². The number of carbonyl (C=O) groups excluding carboxylic acids is 1. The number of urea groups is 1. The third kappa shape index (κ3) is 3.41. The standard InChI is InChI=1S/C19H20N2O3/c1-13-15-9-5-6-10-17(15)24-18(13)11-20-19(23)21-16(12-22)14-7-3-2-4-8-14/h2-10,16,22H,11-12H2,1H3,(H2,20,21,23). The van der Waals surface area contributed by atoms with E-state index in [9.17, 15) is 9.90 Å². The molecule has 5 nitrogen and oxygen atoms in total. The Labute approximate surface area is 140 Å². The highest BCUT2D eigenvalue weighted by molar-refractivity contribution is 5.82. The van der Waals surface area contributed by atoms with Crippen LogP contribution in [0, 0.1) is 6.92 Å². The van der Waals surface area contributed by atoms with E-state index >= 15 is 0 Å². The Morgan fingerprint density at radius 2 is 1.83 bits per heavy atom. The Morgan fingerprint density at radius 1 is 1.12 bits per heavy atom. The van der Waals surface area contributed by atoms with Gasteiger partial charge in [-0.15, -0.1) is 0 Å². The average Bonchev–Trinajstić information content (AvgIpc) is 2.95. The van der Waals surface area contributed by atoms with Gasteiger partial charge in [-0.2, -0.15) is 0 Å². The summed E-state index contributed by atoms with van der Waals surface area (Å²) in [5.41, 5.74) is 2.69. The third-order valence-corrected chi connectivity index (χ3v) is 4.04. The molecule has 24 heavy (non-hydrogen) atoms. The van der Waals surface area contributed by atoms with Crippen LogP contribution >= 0.6 is 0 Å². The van der Waals surface area contributed by atoms with Crippen molar-refractivity contribution in [3.8, 4) is 0 Å². The Morgan fingerprint density at radius 3 is 2.54 bits per heavy atom. The van der Waals surface area contributed by atoms with Crippen molar-refractivity contribution < 1.29 is 14.3 Å². The summed E-state index contributed by atoms with van der Waals surface area (Å²) in [5, 5.41) is 16.1. The summed E-state index contributed by atoms with van der Waals surface area (Å²) in [6.45, 7) is 2.10. The van der Waals surface area contributed by atoms with Gasteiger partial charge in [-0.05, 0) is 18.6 Å². The van der Waals surface area contributed by atoms with Gasteiger partial charge >= 0.3 is 6.03 Å². The zero-order chi connectivity index (χ0) is 16.9. The smallest absolute Gasteiger partial charge is 0.315 e. The van der Waals surface area contributed by atoms with Crippen LogP contribution < -0.4 is 10.6 Å². The molecule has 1 unspecified atom stereocenters. The van der Waals surface area contributed by atoms with E-state index in [0.29, 0.717) is 6.54 Å². The molecule has 2 aromatic carbocycles.